The van der Waals surface area contributed by atoms with Gasteiger partial charge in [-0.3, -0.25) is 9.78 Å². The average molecular weight is 450 g/mol. The van der Waals surface area contributed by atoms with Crippen molar-refractivity contribution in [1.29, 1.82) is 0 Å². The molecule has 1 amide bonds. The summed E-state index contributed by atoms with van der Waals surface area (Å²) in [5.41, 5.74) is 4.03. The molecule has 172 valence electrons. The third-order valence-corrected chi connectivity index (χ3v) is 6.03. The highest BCUT2D eigenvalue weighted by atomic mass is 16.5. The van der Waals surface area contributed by atoms with Crippen LogP contribution in [0.1, 0.15) is 6.42 Å². The monoisotopic (exact) mass is 449 g/mol. The molecule has 1 N–H and O–H groups in total. The SMILES string of the molecule is CNc1ccc(-c2cc3nccnc3c(OC[C@@H]3CN(C(=O)[C@H]4CCOC4)CCO3)n2)cc1. The van der Waals surface area contributed by atoms with Gasteiger partial charge in [0.1, 0.15) is 12.7 Å². The van der Waals surface area contributed by atoms with Gasteiger partial charge in [-0.2, -0.15) is 0 Å². The lowest BCUT2D eigenvalue weighted by atomic mass is 10.1. The normalized spacial score (nSPS) is 20.7. The molecular formula is C24H27N5O4. The van der Waals surface area contributed by atoms with Crippen LogP contribution in [0, 0.1) is 5.92 Å². The summed E-state index contributed by atoms with van der Waals surface area (Å²) in [6.45, 7) is 3.00. The summed E-state index contributed by atoms with van der Waals surface area (Å²) < 4.78 is 17.4. The fourth-order valence-corrected chi connectivity index (χ4v) is 4.18. The lowest BCUT2D eigenvalue weighted by Crippen LogP contribution is -2.49. The third kappa shape index (κ3) is 4.74. The van der Waals surface area contributed by atoms with E-state index < -0.39 is 0 Å². The van der Waals surface area contributed by atoms with Crippen LogP contribution >= 0.6 is 0 Å². The lowest BCUT2D eigenvalue weighted by Gasteiger charge is -2.34. The smallest absolute Gasteiger partial charge is 0.242 e. The molecule has 0 bridgehead atoms. The van der Waals surface area contributed by atoms with Gasteiger partial charge in [0.05, 0.1) is 36.9 Å². The van der Waals surface area contributed by atoms with Crippen molar-refractivity contribution in [2.24, 2.45) is 5.92 Å². The Balaban J connectivity index is 1.33. The van der Waals surface area contributed by atoms with E-state index in [1.165, 1.54) is 0 Å². The summed E-state index contributed by atoms with van der Waals surface area (Å²) in [6, 6.07) is 9.90. The predicted octanol–water partition coefficient (Wildman–Crippen LogP) is 2.38. The Labute approximate surface area is 192 Å². The van der Waals surface area contributed by atoms with Gasteiger partial charge in [-0.05, 0) is 24.6 Å². The zero-order chi connectivity index (χ0) is 22.6. The molecule has 2 saturated heterocycles. The van der Waals surface area contributed by atoms with E-state index in [4.69, 9.17) is 19.2 Å². The molecule has 2 atom stereocenters. The Hall–Kier alpha value is -3.30. The number of hydrogen-bond acceptors (Lipinski definition) is 8. The van der Waals surface area contributed by atoms with Gasteiger partial charge in [-0.25, -0.2) is 9.97 Å². The highest BCUT2D eigenvalue weighted by molar-refractivity contribution is 5.83. The summed E-state index contributed by atoms with van der Waals surface area (Å²) >= 11 is 0. The van der Waals surface area contributed by atoms with Crippen molar-refractivity contribution in [2.75, 3.05) is 51.9 Å². The van der Waals surface area contributed by atoms with E-state index in [-0.39, 0.29) is 24.5 Å². The van der Waals surface area contributed by atoms with Gasteiger partial charge in [-0.1, -0.05) is 12.1 Å². The van der Waals surface area contributed by atoms with Crippen LogP contribution in [0.4, 0.5) is 5.69 Å². The van der Waals surface area contributed by atoms with Gasteiger partial charge in [0.25, 0.3) is 0 Å². The second-order valence-electron chi connectivity index (χ2n) is 8.21. The fraction of sp³-hybridized carbons (Fsp3) is 0.417. The maximum Gasteiger partial charge on any atom is 0.242 e. The summed E-state index contributed by atoms with van der Waals surface area (Å²) in [5.74, 6) is 0.503. The van der Waals surface area contributed by atoms with E-state index in [1.807, 2.05) is 42.3 Å². The number of amides is 1. The molecule has 9 nitrogen and oxygen atoms in total. The van der Waals surface area contributed by atoms with Gasteiger partial charge in [0, 0.05) is 43.8 Å². The molecular weight excluding hydrogens is 422 g/mol. The van der Waals surface area contributed by atoms with Crippen molar-refractivity contribution in [2.45, 2.75) is 12.5 Å². The first-order valence-electron chi connectivity index (χ1n) is 11.2. The molecule has 4 heterocycles. The number of fused-ring (bicyclic) bond motifs is 1. The first-order valence-corrected chi connectivity index (χ1v) is 11.2. The average Bonchev–Trinajstić information content (AvgIpc) is 3.42. The van der Waals surface area contributed by atoms with E-state index in [0.717, 1.165) is 23.4 Å². The molecule has 5 rings (SSSR count). The van der Waals surface area contributed by atoms with Gasteiger partial charge in [0.15, 0.2) is 5.52 Å². The number of pyridine rings is 1. The van der Waals surface area contributed by atoms with Gasteiger partial charge < -0.3 is 24.4 Å². The van der Waals surface area contributed by atoms with Crippen LogP contribution in [-0.2, 0) is 14.3 Å². The Morgan fingerprint density at radius 1 is 1.21 bits per heavy atom. The first-order chi connectivity index (χ1) is 16.2. The zero-order valence-corrected chi connectivity index (χ0v) is 18.6. The molecule has 0 spiro atoms. The number of carbonyl (C=O) groups is 1. The highest BCUT2D eigenvalue weighted by Crippen LogP contribution is 2.28. The minimum Gasteiger partial charge on any atom is -0.473 e. The number of ether oxygens (including phenoxy) is 3. The van der Waals surface area contributed by atoms with E-state index in [2.05, 4.69) is 15.3 Å². The molecule has 2 aromatic heterocycles. The van der Waals surface area contributed by atoms with E-state index in [0.29, 0.717) is 49.8 Å². The van der Waals surface area contributed by atoms with Crippen molar-refractivity contribution in [3.05, 3.63) is 42.7 Å². The third-order valence-electron chi connectivity index (χ3n) is 6.03. The van der Waals surface area contributed by atoms with Gasteiger partial charge in [-0.15, -0.1) is 0 Å². The standard InChI is InChI=1S/C24H27N5O4/c1-25-18-4-2-16(3-5-18)20-12-21-22(27-8-7-26-21)23(28-20)33-15-19-13-29(9-11-32-19)24(30)17-6-10-31-14-17/h2-5,7-8,12,17,19,25H,6,9-11,13-15H2,1H3/t17-,19-/m0/s1. The summed E-state index contributed by atoms with van der Waals surface area (Å²) in [4.78, 5) is 28.2. The van der Waals surface area contributed by atoms with E-state index in [1.54, 1.807) is 12.4 Å². The number of nitrogens with one attached hydrogen (secondary N) is 1. The van der Waals surface area contributed by atoms with Crippen LogP contribution in [0.5, 0.6) is 5.88 Å². The van der Waals surface area contributed by atoms with Crippen LogP contribution in [0.25, 0.3) is 22.3 Å². The van der Waals surface area contributed by atoms with Crippen LogP contribution < -0.4 is 10.1 Å². The molecule has 33 heavy (non-hydrogen) atoms. The number of aromatic nitrogens is 3. The number of benzene rings is 1. The van der Waals surface area contributed by atoms with Crippen LogP contribution in [0.3, 0.4) is 0 Å². The summed E-state index contributed by atoms with van der Waals surface area (Å²) in [5, 5.41) is 3.12. The number of rotatable bonds is 6. The minimum absolute atomic E-state index is 0.0449. The molecule has 0 aliphatic carbocycles. The Bertz CT molecular complexity index is 1120. The van der Waals surface area contributed by atoms with Gasteiger partial charge in [0.2, 0.25) is 11.8 Å². The molecule has 3 aromatic rings. The number of nitrogens with zero attached hydrogens (tertiary/aromatic N) is 4. The number of hydrogen-bond donors (Lipinski definition) is 1. The predicted molar refractivity (Wildman–Crippen MR) is 123 cm³/mol. The van der Waals surface area contributed by atoms with Gasteiger partial charge >= 0.3 is 0 Å². The molecule has 9 heteroatoms. The zero-order valence-electron chi connectivity index (χ0n) is 18.6. The summed E-state index contributed by atoms with van der Waals surface area (Å²) in [7, 11) is 1.88. The second kappa shape index (κ2) is 9.68. The highest BCUT2D eigenvalue weighted by Gasteiger charge is 2.32. The van der Waals surface area contributed by atoms with Crippen molar-refractivity contribution in [1.82, 2.24) is 19.9 Å². The molecule has 2 aliphatic rings. The number of anilines is 1. The molecule has 0 saturated carbocycles. The van der Waals surface area contributed by atoms with Crippen molar-refractivity contribution in [3.8, 4) is 17.1 Å². The van der Waals surface area contributed by atoms with Crippen LogP contribution in [0.2, 0.25) is 0 Å². The van der Waals surface area contributed by atoms with Crippen molar-refractivity contribution >= 4 is 22.6 Å². The van der Waals surface area contributed by atoms with Crippen molar-refractivity contribution in [3.63, 3.8) is 0 Å². The maximum atomic E-state index is 12.8. The number of morpholine rings is 1. The molecule has 0 unspecified atom stereocenters. The largest absolute Gasteiger partial charge is 0.473 e. The Morgan fingerprint density at radius 2 is 2.06 bits per heavy atom. The quantitative estimate of drug-likeness (QED) is 0.613. The topological polar surface area (TPSA) is 98.7 Å². The molecule has 1 aromatic carbocycles. The number of carbonyl (C=O) groups excluding carboxylic acids is 1. The van der Waals surface area contributed by atoms with E-state index >= 15 is 0 Å². The summed E-state index contributed by atoms with van der Waals surface area (Å²) in [6.07, 6.45) is 3.82. The van der Waals surface area contributed by atoms with Crippen molar-refractivity contribution < 1.29 is 19.0 Å². The Kier molecular flexibility index (Phi) is 6.32. The molecule has 0 radical (unpaired) electrons. The maximum absolute atomic E-state index is 12.8. The van der Waals surface area contributed by atoms with Crippen LogP contribution in [0.15, 0.2) is 42.7 Å². The first kappa shape index (κ1) is 21.5. The molecule has 2 fully saturated rings. The van der Waals surface area contributed by atoms with E-state index in [9.17, 15) is 4.79 Å². The fourth-order valence-electron chi connectivity index (χ4n) is 4.18. The molecule has 2 aliphatic heterocycles. The minimum atomic E-state index is -0.239. The van der Waals surface area contributed by atoms with Crippen LogP contribution in [-0.4, -0.2) is 78.4 Å². The second-order valence-corrected chi connectivity index (χ2v) is 8.21. The Morgan fingerprint density at radius 3 is 2.85 bits per heavy atom. The lowest BCUT2D eigenvalue weighted by molar-refractivity contribution is -0.144.